The molecule has 0 radical (unpaired) electrons. The van der Waals surface area contributed by atoms with Crippen molar-refractivity contribution in [3.8, 4) is 5.75 Å². The van der Waals surface area contributed by atoms with Gasteiger partial charge in [-0.15, -0.1) is 0 Å². The Hall–Kier alpha value is -2.37. The molecule has 1 aliphatic carbocycles. The van der Waals surface area contributed by atoms with E-state index in [2.05, 4.69) is 34.5 Å². The molecule has 1 heterocycles. The number of carbonyl (C=O) groups is 1. The molecule has 5 nitrogen and oxygen atoms in total. The van der Waals surface area contributed by atoms with Gasteiger partial charge in [0.2, 0.25) is 5.91 Å². The van der Waals surface area contributed by atoms with Crippen LogP contribution in [0.1, 0.15) is 30.0 Å². The number of nitrogens with zero attached hydrogens (tertiary/aromatic N) is 1. The molecule has 1 amide bonds. The topological polar surface area (TPSA) is 50.8 Å². The summed E-state index contributed by atoms with van der Waals surface area (Å²) in [6.07, 6.45) is 1.85. The minimum absolute atomic E-state index is 0.130. The van der Waals surface area contributed by atoms with Gasteiger partial charge in [0.15, 0.2) is 0 Å². The van der Waals surface area contributed by atoms with Crippen LogP contribution >= 0.6 is 0 Å². The first-order valence-corrected chi connectivity index (χ1v) is 10.0. The lowest BCUT2D eigenvalue weighted by molar-refractivity contribution is -0.124. The van der Waals surface area contributed by atoms with Gasteiger partial charge in [-0.2, -0.15) is 0 Å². The predicted octanol–water partition coefficient (Wildman–Crippen LogP) is 2.92. The van der Waals surface area contributed by atoms with Crippen LogP contribution in [0.3, 0.4) is 0 Å². The van der Waals surface area contributed by atoms with Gasteiger partial charge in [0, 0.05) is 19.6 Å². The number of morpholine rings is 1. The van der Waals surface area contributed by atoms with Crippen LogP contribution in [-0.4, -0.2) is 50.8 Å². The normalized spacial score (nSPS) is 19.6. The molecule has 1 N–H and O–H groups in total. The van der Waals surface area contributed by atoms with E-state index in [4.69, 9.17) is 9.47 Å². The minimum atomic E-state index is -0.337. The second-order valence-corrected chi connectivity index (χ2v) is 7.60. The summed E-state index contributed by atoms with van der Waals surface area (Å²) in [6.45, 7) is 3.80. The molecule has 0 aromatic heterocycles. The lowest BCUT2D eigenvalue weighted by Crippen LogP contribution is -2.45. The number of nitrogens with one attached hydrogen (secondary N) is 1. The first-order chi connectivity index (χ1) is 13.7. The fraction of sp³-hybridized carbons (Fsp3) is 0.435. The van der Waals surface area contributed by atoms with E-state index in [1.165, 1.54) is 5.56 Å². The average Bonchev–Trinajstić information content (AvgIpc) is 3.58. The third-order valence-electron chi connectivity index (χ3n) is 5.95. The highest BCUT2D eigenvalue weighted by molar-refractivity contribution is 5.91. The van der Waals surface area contributed by atoms with Crippen LogP contribution in [0.15, 0.2) is 54.6 Å². The largest absolute Gasteiger partial charge is 0.497 e. The van der Waals surface area contributed by atoms with E-state index in [1.54, 1.807) is 7.11 Å². The van der Waals surface area contributed by atoms with Crippen molar-refractivity contribution in [1.82, 2.24) is 10.2 Å². The fourth-order valence-electron chi connectivity index (χ4n) is 4.06. The summed E-state index contributed by atoms with van der Waals surface area (Å²) in [5, 5.41) is 3.26. The molecule has 1 saturated carbocycles. The molecule has 148 valence electrons. The zero-order valence-corrected chi connectivity index (χ0v) is 16.4. The Labute approximate surface area is 166 Å². The van der Waals surface area contributed by atoms with Crippen LogP contribution < -0.4 is 10.1 Å². The van der Waals surface area contributed by atoms with E-state index < -0.39 is 0 Å². The molecule has 0 bridgehead atoms. The van der Waals surface area contributed by atoms with Gasteiger partial charge in [-0.1, -0.05) is 42.5 Å². The summed E-state index contributed by atoms with van der Waals surface area (Å²) in [7, 11) is 1.67. The molecular weight excluding hydrogens is 352 g/mol. The number of hydrogen-bond donors (Lipinski definition) is 1. The number of rotatable bonds is 7. The molecule has 4 rings (SSSR count). The van der Waals surface area contributed by atoms with Crippen molar-refractivity contribution >= 4 is 5.91 Å². The molecule has 2 aromatic carbocycles. The van der Waals surface area contributed by atoms with Gasteiger partial charge in [0.1, 0.15) is 5.75 Å². The van der Waals surface area contributed by atoms with Crippen LogP contribution in [0.4, 0.5) is 0 Å². The molecule has 2 aliphatic rings. The van der Waals surface area contributed by atoms with Gasteiger partial charge in [0.25, 0.3) is 0 Å². The van der Waals surface area contributed by atoms with E-state index in [1.807, 2.05) is 30.3 Å². The number of methoxy groups -OCH3 is 1. The smallest absolute Gasteiger partial charge is 0.230 e. The summed E-state index contributed by atoms with van der Waals surface area (Å²) in [5.74, 6) is 0.986. The first-order valence-electron chi connectivity index (χ1n) is 10.0. The Balaban J connectivity index is 1.48. The Kier molecular flexibility index (Phi) is 5.64. The van der Waals surface area contributed by atoms with E-state index in [0.717, 1.165) is 50.5 Å². The van der Waals surface area contributed by atoms with Crippen molar-refractivity contribution in [1.29, 1.82) is 0 Å². The molecule has 0 spiro atoms. The number of ether oxygens (including phenoxy) is 2. The van der Waals surface area contributed by atoms with E-state index in [-0.39, 0.29) is 17.4 Å². The highest BCUT2D eigenvalue weighted by Crippen LogP contribution is 2.48. The Bertz CT molecular complexity index is 781. The summed E-state index contributed by atoms with van der Waals surface area (Å²) in [4.78, 5) is 15.5. The standard InChI is InChI=1S/C23H28N2O3/c1-27-20-9-7-18(8-10-20)21(25-13-15-28-16-14-25)17-24-22(26)23(11-12-23)19-5-3-2-4-6-19/h2-10,21H,11-17H2,1H3,(H,24,26). The van der Waals surface area contributed by atoms with Crippen molar-refractivity contribution in [2.75, 3.05) is 40.0 Å². The minimum Gasteiger partial charge on any atom is -0.497 e. The number of amides is 1. The van der Waals surface area contributed by atoms with Gasteiger partial charge >= 0.3 is 0 Å². The van der Waals surface area contributed by atoms with Crippen LogP contribution in [0.5, 0.6) is 5.75 Å². The van der Waals surface area contributed by atoms with Gasteiger partial charge < -0.3 is 14.8 Å². The third-order valence-corrected chi connectivity index (χ3v) is 5.95. The van der Waals surface area contributed by atoms with Crippen LogP contribution in [0.25, 0.3) is 0 Å². The summed E-state index contributed by atoms with van der Waals surface area (Å²) in [5.41, 5.74) is 1.98. The van der Waals surface area contributed by atoms with Gasteiger partial charge in [0.05, 0.1) is 31.8 Å². The van der Waals surface area contributed by atoms with Gasteiger partial charge in [-0.3, -0.25) is 9.69 Å². The first kappa shape index (κ1) is 19.0. The second kappa shape index (κ2) is 8.33. The molecule has 1 unspecified atom stereocenters. The second-order valence-electron chi connectivity index (χ2n) is 7.60. The van der Waals surface area contributed by atoms with Crippen molar-refractivity contribution < 1.29 is 14.3 Å². The van der Waals surface area contributed by atoms with Crippen molar-refractivity contribution in [2.45, 2.75) is 24.3 Å². The number of carbonyl (C=O) groups excluding carboxylic acids is 1. The molecule has 1 atom stereocenters. The quantitative estimate of drug-likeness (QED) is 0.803. The van der Waals surface area contributed by atoms with Crippen LogP contribution in [-0.2, 0) is 14.9 Å². The zero-order chi connectivity index (χ0) is 19.4. The number of benzene rings is 2. The lowest BCUT2D eigenvalue weighted by atomic mass is 9.94. The molecule has 28 heavy (non-hydrogen) atoms. The maximum atomic E-state index is 13.1. The van der Waals surface area contributed by atoms with Crippen molar-refractivity contribution in [3.63, 3.8) is 0 Å². The SMILES string of the molecule is COc1ccc(C(CNC(=O)C2(c3ccccc3)CC2)N2CCOCC2)cc1. The van der Waals surface area contributed by atoms with Crippen LogP contribution in [0, 0.1) is 0 Å². The maximum absolute atomic E-state index is 13.1. The molecule has 1 aliphatic heterocycles. The molecule has 1 saturated heterocycles. The average molecular weight is 380 g/mol. The molecule has 2 fully saturated rings. The van der Waals surface area contributed by atoms with Crippen LogP contribution in [0.2, 0.25) is 0 Å². The Morgan fingerprint density at radius 3 is 2.39 bits per heavy atom. The van der Waals surface area contributed by atoms with E-state index >= 15 is 0 Å². The summed E-state index contributed by atoms with van der Waals surface area (Å²) < 4.78 is 10.8. The highest BCUT2D eigenvalue weighted by atomic mass is 16.5. The molecule has 5 heteroatoms. The maximum Gasteiger partial charge on any atom is 0.230 e. The van der Waals surface area contributed by atoms with Gasteiger partial charge in [-0.05, 0) is 36.1 Å². The lowest BCUT2D eigenvalue weighted by Gasteiger charge is -2.35. The fourth-order valence-corrected chi connectivity index (χ4v) is 4.06. The highest BCUT2D eigenvalue weighted by Gasteiger charge is 2.51. The predicted molar refractivity (Wildman–Crippen MR) is 108 cm³/mol. The summed E-state index contributed by atoms with van der Waals surface area (Å²) in [6, 6.07) is 18.4. The van der Waals surface area contributed by atoms with E-state index in [0.29, 0.717) is 6.54 Å². The monoisotopic (exact) mass is 380 g/mol. The number of hydrogen-bond acceptors (Lipinski definition) is 4. The molecule has 2 aromatic rings. The van der Waals surface area contributed by atoms with Crippen molar-refractivity contribution in [3.05, 3.63) is 65.7 Å². The Morgan fingerprint density at radius 2 is 1.79 bits per heavy atom. The van der Waals surface area contributed by atoms with Gasteiger partial charge in [-0.25, -0.2) is 0 Å². The zero-order valence-electron chi connectivity index (χ0n) is 16.4. The third kappa shape index (κ3) is 3.91. The van der Waals surface area contributed by atoms with E-state index in [9.17, 15) is 4.79 Å². The summed E-state index contributed by atoms with van der Waals surface area (Å²) >= 11 is 0. The molecular formula is C23H28N2O3. The van der Waals surface area contributed by atoms with Crippen molar-refractivity contribution in [2.24, 2.45) is 0 Å². The Morgan fingerprint density at radius 1 is 1.11 bits per heavy atom.